The van der Waals surface area contributed by atoms with E-state index in [4.69, 9.17) is 4.74 Å². The molecule has 2 aliphatic rings. The third-order valence-corrected chi connectivity index (χ3v) is 2.65. The van der Waals surface area contributed by atoms with E-state index >= 15 is 0 Å². The smallest absolute Gasteiger partial charge is 0.0622 e. The van der Waals surface area contributed by atoms with Gasteiger partial charge in [0.15, 0.2) is 0 Å². The van der Waals surface area contributed by atoms with Crippen LogP contribution in [0.4, 0.5) is 0 Å². The van der Waals surface area contributed by atoms with Gasteiger partial charge < -0.3 is 10.1 Å². The second-order valence-electron chi connectivity index (χ2n) is 3.33. The molecule has 2 unspecified atom stereocenters. The molecule has 0 aliphatic carbocycles. The van der Waals surface area contributed by atoms with Crippen molar-refractivity contribution in [1.82, 2.24) is 5.32 Å². The van der Waals surface area contributed by atoms with Crippen LogP contribution in [0.15, 0.2) is 0 Å². The van der Waals surface area contributed by atoms with Gasteiger partial charge in [0.25, 0.3) is 0 Å². The van der Waals surface area contributed by atoms with Gasteiger partial charge in [-0.2, -0.15) is 0 Å². The maximum Gasteiger partial charge on any atom is 0.0622 e. The third kappa shape index (κ3) is 1.18. The van der Waals surface area contributed by atoms with Gasteiger partial charge in [0.05, 0.1) is 6.61 Å². The minimum absolute atomic E-state index is 0.683. The molecule has 2 heteroatoms. The van der Waals surface area contributed by atoms with E-state index in [2.05, 4.69) is 5.32 Å². The lowest BCUT2D eigenvalue weighted by molar-refractivity contribution is 0.126. The van der Waals surface area contributed by atoms with Gasteiger partial charge in [-0.15, -0.1) is 0 Å². The summed E-state index contributed by atoms with van der Waals surface area (Å²) in [6, 6.07) is 0.683. The summed E-state index contributed by atoms with van der Waals surface area (Å²) >= 11 is 0. The van der Waals surface area contributed by atoms with Crippen LogP contribution >= 0.6 is 0 Å². The zero-order chi connectivity index (χ0) is 6.81. The van der Waals surface area contributed by atoms with Crippen LogP contribution in [0.3, 0.4) is 0 Å². The molecule has 2 aliphatic heterocycles. The SMILES string of the molecule is C1COCC2NCCC2C1. The molecule has 0 spiro atoms. The molecule has 0 bridgehead atoms. The van der Waals surface area contributed by atoms with Crippen molar-refractivity contribution in [3.8, 4) is 0 Å². The number of ether oxygens (including phenoxy) is 1. The van der Waals surface area contributed by atoms with Gasteiger partial charge in [-0.25, -0.2) is 0 Å². The maximum atomic E-state index is 5.45. The minimum atomic E-state index is 0.683. The Hall–Kier alpha value is -0.0800. The normalized spacial score (nSPS) is 40.8. The molecule has 2 fully saturated rings. The highest BCUT2D eigenvalue weighted by molar-refractivity contribution is 4.84. The van der Waals surface area contributed by atoms with E-state index in [-0.39, 0.29) is 0 Å². The van der Waals surface area contributed by atoms with Gasteiger partial charge in [-0.05, 0) is 31.7 Å². The second-order valence-corrected chi connectivity index (χ2v) is 3.33. The molecule has 58 valence electrons. The lowest BCUT2D eigenvalue weighted by Gasteiger charge is -2.13. The van der Waals surface area contributed by atoms with Crippen molar-refractivity contribution < 1.29 is 4.74 Å². The van der Waals surface area contributed by atoms with Crippen molar-refractivity contribution in [3.63, 3.8) is 0 Å². The van der Waals surface area contributed by atoms with Crippen LogP contribution in [0.2, 0.25) is 0 Å². The summed E-state index contributed by atoms with van der Waals surface area (Å²) in [4.78, 5) is 0. The molecule has 2 nitrogen and oxygen atoms in total. The quantitative estimate of drug-likeness (QED) is 0.538. The van der Waals surface area contributed by atoms with Crippen molar-refractivity contribution in [1.29, 1.82) is 0 Å². The molecule has 1 N–H and O–H groups in total. The average Bonchev–Trinajstić information content (AvgIpc) is 2.28. The first-order valence-corrected chi connectivity index (χ1v) is 4.28. The van der Waals surface area contributed by atoms with Gasteiger partial charge in [-0.1, -0.05) is 0 Å². The predicted octanol–water partition coefficient (Wildman–Crippen LogP) is 0.775. The molecule has 0 aromatic heterocycles. The highest BCUT2D eigenvalue weighted by Crippen LogP contribution is 2.23. The summed E-state index contributed by atoms with van der Waals surface area (Å²) in [6.45, 7) is 3.14. The monoisotopic (exact) mass is 141 g/mol. The van der Waals surface area contributed by atoms with Crippen LogP contribution < -0.4 is 5.32 Å². The van der Waals surface area contributed by atoms with Crippen LogP contribution in [-0.4, -0.2) is 25.8 Å². The topological polar surface area (TPSA) is 21.3 Å². The number of hydrogen-bond donors (Lipinski definition) is 1. The Bertz CT molecular complexity index is 104. The molecule has 0 radical (unpaired) electrons. The molecule has 2 atom stereocenters. The van der Waals surface area contributed by atoms with E-state index < -0.39 is 0 Å². The van der Waals surface area contributed by atoms with E-state index in [9.17, 15) is 0 Å². The number of nitrogens with one attached hydrogen (secondary N) is 1. The lowest BCUT2D eigenvalue weighted by atomic mass is 9.97. The number of rotatable bonds is 0. The van der Waals surface area contributed by atoms with Crippen molar-refractivity contribution in [2.75, 3.05) is 19.8 Å². The van der Waals surface area contributed by atoms with Crippen LogP contribution in [0.1, 0.15) is 19.3 Å². The summed E-state index contributed by atoms with van der Waals surface area (Å²) in [6.07, 6.45) is 4.01. The maximum absolute atomic E-state index is 5.45. The molecule has 0 amide bonds. The largest absolute Gasteiger partial charge is 0.380 e. The van der Waals surface area contributed by atoms with Crippen molar-refractivity contribution in [2.24, 2.45) is 5.92 Å². The Morgan fingerprint density at radius 3 is 3.30 bits per heavy atom. The fraction of sp³-hybridized carbons (Fsp3) is 1.00. The molecule has 10 heavy (non-hydrogen) atoms. The van der Waals surface area contributed by atoms with E-state index in [1.165, 1.54) is 25.8 Å². The van der Waals surface area contributed by atoms with Gasteiger partial charge >= 0.3 is 0 Å². The Balaban J connectivity index is 1.95. The predicted molar refractivity (Wildman–Crippen MR) is 40.0 cm³/mol. The summed E-state index contributed by atoms with van der Waals surface area (Å²) < 4.78 is 5.45. The Morgan fingerprint density at radius 2 is 2.30 bits per heavy atom. The molecule has 2 rings (SSSR count). The van der Waals surface area contributed by atoms with Gasteiger partial charge in [0, 0.05) is 12.6 Å². The zero-order valence-electron chi connectivity index (χ0n) is 6.31. The average molecular weight is 141 g/mol. The molecule has 0 aromatic rings. The van der Waals surface area contributed by atoms with Gasteiger partial charge in [0.1, 0.15) is 0 Å². The molecule has 0 saturated carbocycles. The van der Waals surface area contributed by atoms with E-state index in [1.54, 1.807) is 0 Å². The number of hydrogen-bond acceptors (Lipinski definition) is 2. The highest BCUT2D eigenvalue weighted by Gasteiger charge is 2.27. The molecule has 0 aromatic carbocycles. The molecule has 2 saturated heterocycles. The van der Waals surface area contributed by atoms with Crippen LogP contribution in [0, 0.1) is 5.92 Å². The van der Waals surface area contributed by atoms with E-state index in [0.29, 0.717) is 6.04 Å². The highest BCUT2D eigenvalue weighted by atomic mass is 16.5. The van der Waals surface area contributed by atoms with E-state index in [1.807, 2.05) is 0 Å². The van der Waals surface area contributed by atoms with Gasteiger partial charge in [-0.3, -0.25) is 0 Å². The Morgan fingerprint density at radius 1 is 1.30 bits per heavy atom. The van der Waals surface area contributed by atoms with Crippen LogP contribution in [0.5, 0.6) is 0 Å². The molecular weight excluding hydrogens is 126 g/mol. The van der Waals surface area contributed by atoms with Crippen molar-refractivity contribution in [2.45, 2.75) is 25.3 Å². The first-order chi connectivity index (χ1) is 4.97. The first-order valence-electron chi connectivity index (χ1n) is 4.28. The van der Waals surface area contributed by atoms with Gasteiger partial charge in [0.2, 0.25) is 0 Å². The summed E-state index contributed by atoms with van der Waals surface area (Å²) in [5, 5.41) is 3.47. The lowest BCUT2D eigenvalue weighted by Crippen LogP contribution is -2.30. The van der Waals surface area contributed by atoms with E-state index in [0.717, 1.165) is 19.1 Å². The van der Waals surface area contributed by atoms with Crippen LogP contribution in [0.25, 0.3) is 0 Å². The molecular formula is C8H15NO. The molecule has 2 heterocycles. The van der Waals surface area contributed by atoms with Crippen molar-refractivity contribution >= 4 is 0 Å². The standard InChI is InChI=1S/C8H15NO/c1-2-7-3-4-9-8(7)6-10-5-1/h7-9H,1-6H2. The summed E-state index contributed by atoms with van der Waals surface area (Å²) in [5.41, 5.74) is 0. The Labute approximate surface area is 61.9 Å². The zero-order valence-corrected chi connectivity index (χ0v) is 6.31. The van der Waals surface area contributed by atoms with Crippen molar-refractivity contribution in [3.05, 3.63) is 0 Å². The fourth-order valence-electron chi connectivity index (χ4n) is 2.02. The number of fused-ring (bicyclic) bond motifs is 1. The fourth-order valence-corrected chi connectivity index (χ4v) is 2.02. The minimum Gasteiger partial charge on any atom is -0.380 e. The summed E-state index contributed by atoms with van der Waals surface area (Å²) in [7, 11) is 0. The first kappa shape index (κ1) is 6.62. The Kier molecular flexibility index (Phi) is 1.91. The second kappa shape index (κ2) is 2.89. The summed E-state index contributed by atoms with van der Waals surface area (Å²) in [5.74, 6) is 0.919. The third-order valence-electron chi connectivity index (χ3n) is 2.65. The van der Waals surface area contributed by atoms with Crippen LogP contribution in [-0.2, 0) is 4.74 Å².